The molecule has 0 atom stereocenters. The number of alkyl halides is 3. The average molecular weight is 517 g/mol. The number of carbonyl (C=O) groups excluding carboxylic acids is 1. The predicted octanol–water partition coefficient (Wildman–Crippen LogP) is 5.52. The maximum Gasteiger partial charge on any atom is 0.417 e. The monoisotopic (exact) mass is 516 g/mol. The number of amides is 1. The summed E-state index contributed by atoms with van der Waals surface area (Å²) >= 11 is 11.5. The molecule has 0 unspecified atom stereocenters. The van der Waals surface area contributed by atoms with E-state index in [1.165, 1.54) is 24.3 Å². The first-order chi connectivity index (χ1) is 15.5. The van der Waals surface area contributed by atoms with Crippen molar-refractivity contribution in [1.82, 2.24) is 5.32 Å². The molecule has 174 valence electrons. The van der Waals surface area contributed by atoms with Gasteiger partial charge in [0.25, 0.3) is 10.0 Å². The van der Waals surface area contributed by atoms with Gasteiger partial charge < -0.3 is 5.32 Å². The molecule has 1 amide bonds. The summed E-state index contributed by atoms with van der Waals surface area (Å²) in [5.41, 5.74) is -0.857. The summed E-state index contributed by atoms with van der Waals surface area (Å²) < 4.78 is 67.2. The van der Waals surface area contributed by atoms with Gasteiger partial charge in [-0.15, -0.1) is 0 Å². The van der Waals surface area contributed by atoms with Crippen molar-refractivity contribution >= 4 is 44.8 Å². The van der Waals surface area contributed by atoms with Gasteiger partial charge in [-0.1, -0.05) is 53.5 Å². The van der Waals surface area contributed by atoms with Crippen LogP contribution < -0.4 is 9.62 Å². The third-order valence-electron chi connectivity index (χ3n) is 4.56. The molecule has 0 heterocycles. The minimum Gasteiger partial charge on any atom is -0.350 e. The highest BCUT2D eigenvalue weighted by molar-refractivity contribution is 7.92. The van der Waals surface area contributed by atoms with Crippen LogP contribution in [-0.2, 0) is 27.5 Å². The zero-order valence-electron chi connectivity index (χ0n) is 16.8. The lowest BCUT2D eigenvalue weighted by molar-refractivity contribution is -0.137. The standard InChI is InChI=1S/C22H17Cl2F3N2O3S/c23-16-8-6-15(7-9-16)13-28-21(30)14-29(33(31,32)18-4-2-1-3-5-18)17-10-11-20(24)19(12-17)22(25,26)27/h1-12H,13-14H2,(H,28,30). The minimum absolute atomic E-state index is 0.0731. The summed E-state index contributed by atoms with van der Waals surface area (Å²) in [4.78, 5) is 12.4. The van der Waals surface area contributed by atoms with Crippen molar-refractivity contribution < 1.29 is 26.4 Å². The summed E-state index contributed by atoms with van der Waals surface area (Å²) in [5.74, 6) is -0.715. The molecule has 0 aliphatic heterocycles. The molecule has 0 saturated heterocycles. The molecule has 3 aromatic rings. The largest absolute Gasteiger partial charge is 0.417 e. The number of nitrogens with zero attached hydrogens (tertiary/aromatic N) is 1. The number of nitrogens with one attached hydrogen (secondary N) is 1. The van der Waals surface area contributed by atoms with Crippen molar-refractivity contribution in [2.75, 3.05) is 10.8 Å². The molecular weight excluding hydrogens is 500 g/mol. The Morgan fingerprint density at radius 1 is 0.939 bits per heavy atom. The molecule has 1 N–H and O–H groups in total. The third-order valence-corrected chi connectivity index (χ3v) is 6.93. The molecular formula is C22H17Cl2F3N2O3S. The Kier molecular flexibility index (Phi) is 7.56. The summed E-state index contributed by atoms with van der Waals surface area (Å²) in [6.45, 7) is -0.673. The Hall–Kier alpha value is -2.75. The molecule has 0 aliphatic rings. The molecule has 0 aromatic heterocycles. The number of hydrogen-bond donors (Lipinski definition) is 1. The highest BCUT2D eigenvalue weighted by Crippen LogP contribution is 2.38. The molecule has 33 heavy (non-hydrogen) atoms. The summed E-state index contributed by atoms with van der Waals surface area (Å²) in [7, 11) is -4.37. The van der Waals surface area contributed by atoms with E-state index in [1.54, 1.807) is 30.3 Å². The maximum absolute atomic E-state index is 13.4. The van der Waals surface area contributed by atoms with Crippen LogP contribution in [0.5, 0.6) is 0 Å². The molecule has 5 nitrogen and oxygen atoms in total. The van der Waals surface area contributed by atoms with Gasteiger partial charge >= 0.3 is 6.18 Å². The van der Waals surface area contributed by atoms with E-state index in [1.807, 2.05) is 0 Å². The van der Waals surface area contributed by atoms with Crippen molar-refractivity contribution in [3.63, 3.8) is 0 Å². The second-order valence-corrected chi connectivity index (χ2v) is 9.60. The molecule has 0 radical (unpaired) electrons. The van der Waals surface area contributed by atoms with Gasteiger partial charge in [0.15, 0.2) is 0 Å². The Morgan fingerprint density at radius 2 is 1.58 bits per heavy atom. The molecule has 3 rings (SSSR count). The van der Waals surface area contributed by atoms with Gasteiger partial charge in [0.2, 0.25) is 5.91 Å². The Morgan fingerprint density at radius 3 is 2.18 bits per heavy atom. The fraction of sp³-hybridized carbons (Fsp3) is 0.136. The van der Waals surface area contributed by atoms with E-state index in [0.717, 1.165) is 12.1 Å². The van der Waals surface area contributed by atoms with Crippen molar-refractivity contribution in [3.8, 4) is 0 Å². The van der Waals surface area contributed by atoms with Crippen LogP contribution in [0.2, 0.25) is 10.0 Å². The molecule has 0 bridgehead atoms. The molecule has 0 fully saturated rings. The number of rotatable bonds is 7. The van der Waals surface area contributed by atoms with Crippen molar-refractivity contribution in [2.45, 2.75) is 17.6 Å². The number of hydrogen-bond acceptors (Lipinski definition) is 3. The first-order valence-corrected chi connectivity index (χ1v) is 11.6. The van der Waals surface area contributed by atoms with Gasteiger partial charge in [-0.3, -0.25) is 9.10 Å². The number of carbonyl (C=O) groups is 1. The molecule has 11 heteroatoms. The van der Waals surface area contributed by atoms with Crippen molar-refractivity contribution in [1.29, 1.82) is 0 Å². The first-order valence-electron chi connectivity index (χ1n) is 9.44. The highest BCUT2D eigenvalue weighted by Gasteiger charge is 2.35. The molecule has 0 aliphatic carbocycles. The van der Waals surface area contributed by atoms with Gasteiger partial charge in [-0.05, 0) is 48.0 Å². The Balaban J connectivity index is 1.94. The Bertz CT molecular complexity index is 1240. The summed E-state index contributed by atoms with van der Waals surface area (Å²) in [6, 6.07) is 16.4. The molecule has 0 spiro atoms. The molecule has 3 aromatic carbocycles. The number of benzene rings is 3. The zero-order chi connectivity index (χ0) is 24.2. The number of halogens is 5. The lowest BCUT2D eigenvalue weighted by atomic mass is 10.2. The smallest absolute Gasteiger partial charge is 0.350 e. The Labute approximate surface area is 198 Å². The van der Waals surface area contributed by atoms with Crippen LogP contribution in [0.1, 0.15) is 11.1 Å². The van der Waals surface area contributed by atoms with Crippen LogP contribution in [0.3, 0.4) is 0 Å². The zero-order valence-corrected chi connectivity index (χ0v) is 19.1. The van der Waals surface area contributed by atoms with Crippen LogP contribution in [0.25, 0.3) is 0 Å². The van der Waals surface area contributed by atoms with E-state index in [2.05, 4.69) is 5.32 Å². The van der Waals surface area contributed by atoms with Crippen LogP contribution in [-0.4, -0.2) is 20.9 Å². The van der Waals surface area contributed by atoms with Gasteiger partial charge in [0.05, 0.1) is 21.2 Å². The van der Waals surface area contributed by atoms with E-state index in [0.29, 0.717) is 21.0 Å². The van der Waals surface area contributed by atoms with Gasteiger partial charge in [0.1, 0.15) is 6.54 Å². The van der Waals surface area contributed by atoms with E-state index >= 15 is 0 Å². The van der Waals surface area contributed by atoms with E-state index < -0.39 is 39.2 Å². The minimum atomic E-state index is -4.81. The van der Waals surface area contributed by atoms with Gasteiger partial charge in [-0.25, -0.2) is 8.42 Å². The first kappa shape index (κ1) is 24.9. The second-order valence-electron chi connectivity index (χ2n) is 6.89. The maximum atomic E-state index is 13.4. The second kappa shape index (κ2) is 10.0. The van der Waals surface area contributed by atoms with Gasteiger partial charge in [0, 0.05) is 11.6 Å². The van der Waals surface area contributed by atoms with Crippen LogP contribution in [0, 0.1) is 0 Å². The van der Waals surface area contributed by atoms with E-state index in [-0.39, 0.29) is 17.1 Å². The fourth-order valence-electron chi connectivity index (χ4n) is 2.91. The van der Waals surface area contributed by atoms with Crippen molar-refractivity contribution in [3.05, 3.63) is 94.0 Å². The third kappa shape index (κ3) is 6.19. The quantitative estimate of drug-likeness (QED) is 0.449. The van der Waals surface area contributed by atoms with Crippen LogP contribution in [0.15, 0.2) is 77.7 Å². The predicted molar refractivity (Wildman–Crippen MR) is 121 cm³/mol. The van der Waals surface area contributed by atoms with Crippen molar-refractivity contribution in [2.24, 2.45) is 0 Å². The topological polar surface area (TPSA) is 66.5 Å². The summed E-state index contributed by atoms with van der Waals surface area (Å²) in [6.07, 6.45) is -4.81. The lowest BCUT2D eigenvalue weighted by Crippen LogP contribution is -2.40. The number of anilines is 1. The van der Waals surface area contributed by atoms with Crippen LogP contribution >= 0.6 is 23.2 Å². The lowest BCUT2D eigenvalue weighted by Gasteiger charge is -2.25. The molecule has 0 saturated carbocycles. The average Bonchev–Trinajstić information content (AvgIpc) is 2.77. The van der Waals surface area contributed by atoms with Gasteiger partial charge in [-0.2, -0.15) is 13.2 Å². The summed E-state index contributed by atoms with van der Waals surface area (Å²) in [5, 5.41) is 2.48. The SMILES string of the molecule is O=C(CN(c1ccc(Cl)c(C(F)(F)F)c1)S(=O)(=O)c1ccccc1)NCc1ccc(Cl)cc1. The highest BCUT2D eigenvalue weighted by atomic mass is 35.5. The van der Waals surface area contributed by atoms with E-state index in [9.17, 15) is 26.4 Å². The van der Waals surface area contributed by atoms with E-state index in [4.69, 9.17) is 23.2 Å². The van der Waals surface area contributed by atoms with Crippen LogP contribution in [0.4, 0.5) is 18.9 Å². The number of sulfonamides is 1. The fourth-order valence-corrected chi connectivity index (χ4v) is 4.69. The normalized spacial score (nSPS) is 11.8.